The molecule has 0 aliphatic heterocycles. The molecule has 0 unspecified atom stereocenters. The summed E-state index contributed by atoms with van der Waals surface area (Å²) in [6, 6.07) is 22.5. The highest BCUT2D eigenvalue weighted by atomic mass is 16.5. The van der Waals surface area contributed by atoms with Gasteiger partial charge in [0.15, 0.2) is 0 Å². The molecule has 4 aromatic rings. The van der Waals surface area contributed by atoms with Crippen molar-refractivity contribution in [1.29, 1.82) is 0 Å². The number of pyridine rings is 1. The van der Waals surface area contributed by atoms with Crippen molar-refractivity contribution in [1.82, 2.24) is 9.55 Å². The van der Waals surface area contributed by atoms with Crippen molar-refractivity contribution < 1.29 is 14.3 Å². The van der Waals surface area contributed by atoms with Gasteiger partial charge in [0.05, 0.1) is 6.42 Å². The van der Waals surface area contributed by atoms with Crippen LogP contribution in [0.5, 0.6) is 0 Å². The maximum Gasteiger partial charge on any atom is 0.308 e. The monoisotopic (exact) mass is 425 g/mol. The van der Waals surface area contributed by atoms with Gasteiger partial charge >= 0.3 is 5.97 Å². The molecular weight excluding hydrogens is 402 g/mol. The Morgan fingerprint density at radius 3 is 2.12 bits per heavy atom. The Morgan fingerprint density at radius 2 is 1.47 bits per heavy atom. The number of amides is 1. The molecule has 160 valence electrons. The van der Waals surface area contributed by atoms with Gasteiger partial charge in [-0.25, -0.2) is 0 Å². The Hall–Kier alpha value is -4.19. The minimum Gasteiger partial charge on any atom is -0.461 e. The molecule has 0 saturated carbocycles. The molecule has 4 rings (SSSR count). The Labute approximate surface area is 186 Å². The number of benzene rings is 2. The molecule has 0 spiro atoms. The van der Waals surface area contributed by atoms with Gasteiger partial charge in [-0.2, -0.15) is 0 Å². The number of nitrogens with two attached hydrogens (primary N) is 1. The second-order valence-corrected chi connectivity index (χ2v) is 7.43. The highest BCUT2D eigenvalue weighted by molar-refractivity contribution is 5.84. The zero-order valence-electron chi connectivity index (χ0n) is 17.4. The predicted molar refractivity (Wildman–Crippen MR) is 122 cm³/mol. The van der Waals surface area contributed by atoms with Crippen molar-refractivity contribution in [3.8, 4) is 22.3 Å². The lowest BCUT2D eigenvalue weighted by Crippen LogP contribution is -2.28. The van der Waals surface area contributed by atoms with Crippen LogP contribution in [0.15, 0.2) is 97.6 Å². The molecule has 1 amide bonds. The van der Waals surface area contributed by atoms with Gasteiger partial charge in [-0.1, -0.05) is 54.6 Å². The fourth-order valence-electron chi connectivity index (χ4n) is 3.48. The van der Waals surface area contributed by atoms with Gasteiger partial charge in [-0.05, 0) is 46.0 Å². The van der Waals surface area contributed by atoms with Crippen molar-refractivity contribution in [3.63, 3.8) is 0 Å². The Kier molecular flexibility index (Phi) is 6.41. The maximum absolute atomic E-state index is 12.3. The van der Waals surface area contributed by atoms with E-state index in [4.69, 9.17) is 10.5 Å². The van der Waals surface area contributed by atoms with E-state index in [0.29, 0.717) is 0 Å². The minimum absolute atomic E-state index is 0.128. The van der Waals surface area contributed by atoms with Crippen molar-refractivity contribution in [2.75, 3.05) is 0 Å². The van der Waals surface area contributed by atoms with E-state index >= 15 is 0 Å². The average molecular weight is 425 g/mol. The van der Waals surface area contributed by atoms with Crippen molar-refractivity contribution in [2.24, 2.45) is 5.73 Å². The Balaban J connectivity index is 1.44. The third kappa shape index (κ3) is 5.10. The number of primary amides is 1. The smallest absolute Gasteiger partial charge is 0.308 e. The van der Waals surface area contributed by atoms with Crippen LogP contribution in [-0.4, -0.2) is 21.4 Å². The average Bonchev–Trinajstić information content (AvgIpc) is 3.32. The van der Waals surface area contributed by atoms with E-state index in [0.717, 1.165) is 27.8 Å². The van der Waals surface area contributed by atoms with Crippen LogP contribution in [0.3, 0.4) is 0 Å². The molecule has 1 atom stereocenters. The van der Waals surface area contributed by atoms with Crippen molar-refractivity contribution >= 4 is 11.9 Å². The summed E-state index contributed by atoms with van der Waals surface area (Å²) in [7, 11) is 0. The highest BCUT2D eigenvalue weighted by Crippen LogP contribution is 2.26. The zero-order valence-corrected chi connectivity index (χ0v) is 17.4. The van der Waals surface area contributed by atoms with Gasteiger partial charge in [0.2, 0.25) is 5.91 Å². The fraction of sp³-hybridized carbons (Fsp3) is 0.115. The van der Waals surface area contributed by atoms with E-state index in [2.05, 4.69) is 4.98 Å². The molecule has 2 aromatic heterocycles. The molecule has 6 nitrogen and oxygen atoms in total. The predicted octanol–water partition coefficient (Wildman–Crippen LogP) is 4.38. The molecule has 2 aromatic carbocycles. The third-order valence-corrected chi connectivity index (χ3v) is 5.24. The first-order valence-electron chi connectivity index (χ1n) is 10.3. The lowest BCUT2D eigenvalue weighted by Gasteiger charge is -2.15. The van der Waals surface area contributed by atoms with E-state index in [1.54, 1.807) is 23.2 Å². The number of nitrogens with zero attached hydrogens (tertiary/aromatic N) is 2. The summed E-state index contributed by atoms with van der Waals surface area (Å²) < 4.78 is 6.98. The molecule has 0 saturated heterocycles. The summed E-state index contributed by atoms with van der Waals surface area (Å²) in [5.41, 5.74) is 10.6. The largest absolute Gasteiger partial charge is 0.461 e. The maximum atomic E-state index is 12.3. The van der Waals surface area contributed by atoms with Crippen molar-refractivity contribution in [3.05, 3.63) is 103 Å². The van der Waals surface area contributed by atoms with E-state index in [1.807, 2.05) is 79.0 Å². The quantitative estimate of drug-likeness (QED) is 0.425. The topological polar surface area (TPSA) is 87.2 Å². The number of hydrogen-bond donors (Lipinski definition) is 1. The SMILES string of the molecule is NC(=O)[C@@H](CC(=O)OCc1ccccc1)n1ccc(-c2ccc(-c3ccncc3)cc2)c1. The molecule has 32 heavy (non-hydrogen) atoms. The Morgan fingerprint density at radius 1 is 0.844 bits per heavy atom. The molecule has 2 heterocycles. The number of carbonyl (C=O) groups is 2. The second-order valence-electron chi connectivity index (χ2n) is 7.43. The van der Waals surface area contributed by atoms with Crippen LogP contribution < -0.4 is 5.73 Å². The first kappa shape index (κ1) is 21.1. The molecular formula is C26H23N3O3. The zero-order chi connectivity index (χ0) is 22.3. The fourth-order valence-corrected chi connectivity index (χ4v) is 3.48. The first-order valence-corrected chi connectivity index (χ1v) is 10.3. The molecule has 0 bridgehead atoms. The van der Waals surface area contributed by atoms with Gasteiger partial charge < -0.3 is 15.0 Å². The molecule has 6 heteroatoms. The van der Waals surface area contributed by atoms with Crippen LogP contribution in [0, 0.1) is 0 Å². The van der Waals surface area contributed by atoms with Gasteiger partial charge in [-0.3, -0.25) is 14.6 Å². The second kappa shape index (κ2) is 9.75. The van der Waals surface area contributed by atoms with Crippen LogP contribution in [0.2, 0.25) is 0 Å². The molecule has 0 fully saturated rings. The highest BCUT2D eigenvalue weighted by Gasteiger charge is 2.22. The van der Waals surface area contributed by atoms with Crippen LogP contribution in [0.4, 0.5) is 0 Å². The lowest BCUT2D eigenvalue weighted by molar-refractivity contribution is -0.147. The van der Waals surface area contributed by atoms with Crippen LogP contribution in [-0.2, 0) is 20.9 Å². The number of esters is 1. The summed E-state index contributed by atoms with van der Waals surface area (Å²) in [6.07, 6.45) is 6.97. The van der Waals surface area contributed by atoms with Gasteiger partial charge in [0.25, 0.3) is 0 Å². The van der Waals surface area contributed by atoms with Gasteiger partial charge in [-0.15, -0.1) is 0 Å². The summed E-state index contributed by atoms with van der Waals surface area (Å²) >= 11 is 0. The van der Waals surface area contributed by atoms with E-state index < -0.39 is 17.9 Å². The normalized spacial score (nSPS) is 11.6. The van der Waals surface area contributed by atoms with Crippen LogP contribution >= 0.6 is 0 Å². The summed E-state index contributed by atoms with van der Waals surface area (Å²) in [6.45, 7) is 0.159. The third-order valence-electron chi connectivity index (χ3n) is 5.24. The van der Waals surface area contributed by atoms with E-state index in [1.165, 1.54) is 0 Å². The molecule has 0 aliphatic rings. The number of aromatic nitrogens is 2. The van der Waals surface area contributed by atoms with Gasteiger partial charge in [0, 0.05) is 24.8 Å². The van der Waals surface area contributed by atoms with Gasteiger partial charge in [0.1, 0.15) is 12.6 Å². The summed E-state index contributed by atoms with van der Waals surface area (Å²) in [5.74, 6) is -1.06. The number of carbonyl (C=O) groups excluding carboxylic acids is 2. The standard InChI is InChI=1S/C26H23N3O3/c27-26(31)24(16-25(30)32-18-19-4-2-1-3-5-19)29-15-12-23(17-29)21-8-6-20(7-9-21)22-10-13-28-14-11-22/h1-15,17,24H,16,18H2,(H2,27,31)/t24-/m1/s1. The molecule has 2 N–H and O–H groups in total. The van der Waals surface area contributed by atoms with Crippen molar-refractivity contribution in [2.45, 2.75) is 19.1 Å². The number of rotatable bonds is 8. The van der Waals surface area contributed by atoms with E-state index in [-0.39, 0.29) is 13.0 Å². The molecule has 0 aliphatic carbocycles. The first-order chi connectivity index (χ1) is 15.6. The number of hydrogen-bond acceptors (Lipinski definition) is 4. The Bertz CT molecular complexity index is 1190. The molecule has 0 radical (unpaired) electrons. The van der Waals surface area contributed by atoms with Crippen LogP contribution in [0.25, 0.3) is 22.3 Å². The lowest BCUT2D eigenvalue weighted by atomic mass is 10.0. The van der Waals surface area contributed by atoms with Crippen LogP contribution in [0.1, 0.15) is 18.0 Å². The van der Waals surface area contributed by atoms with E-state index in [9.17, 15) is 9.59 Å². The number of ether oxygens (including phenoxy) is 1. The summed E-state index contributed by atoms with van der Waals surface area (Å²) in [4.78, 5) is 28.4. The summed E-state index contributed by atoms with van der Waals surface area (Å²) in [5, 5.41) is 0. The minimum atomic E-state index is -0.817.